The van der Waals surface area contributed by atoms with Gasteiger partial charge in [0.25, 0.3) is 0 Å². The summed E-state index contributed by atoms with van der Waals surface area (Å²) in [7, 11) is 0. The van der Waals surface area contributed by atoms with Crippen LogP contribution in [0.3, 0.4) is 0 Å². The Bertz CT molecular complexity index is 976. The van der Waals surface area contributed by atoms with Crippen LogP contribution in [0, 0.1) is 5.92 Å². The Hall–Kier alpha value is -3.67. The van der Waals surface area contributed by atoms with Crippen molar-refractivity contribution >= 4 is 17.3 Å². The average molecular weight is 435 g/mol. The van der Waals surface area contributed by atoms with E-state index in [2.05, 4.69) is 24.5 Å². The first-order chi connectivity index (χ1) is 15.6. The van der Waals surface area contributed by atoms with E-state index in [0.29, 0.717) is 37.2 Å². The monoisotopic (exact) mass is 434 g/mol. The number of ether oxygens (including phenoxy) is 3. The Balaban J connectivity index is 1.44. The number of amides is 1. The third-order valence-electron chi connectivity index (χ3n) is 4.38. The zero-order valence-electron chi connectivity index (χ0n) is 18.5. The van der Waals surface area contributed by atoms with Crippen LogP contribution in [0.4, 0.5) is 11.4 Å². The summed E-state index contributed by atoms with van der Waals surface area (Å²) in [5.41, 5.74) is 1.46. The molecule has 32 heavy (non-hydrogen) atoms. The first kappa shape index (κ1) is 23.0. The van der Waals surface area contributed by atoms with Crippen molar-refractivity contribution < 1.29 is 19.0 Å². The second-order valence-electron chi connectivity index (χ2n) is 7.64. The summed E-state index contributed by atoms with van der Waals surface area (Å²) < 4.78 is 17.2. The molecule has 3 aromatic carbocycles. The molecule has 0 spiro atoms. The quantitative estimate of drug-likeness (QED) is 0.382. The van der Waals surface area contributed by atoms with Crippen LogP contribution in [0.2, 0.25) is 0 Å². The van der Waals surface area contributed by atoms with Crippen LogP contribution in [0.25, 0.3) is 0 Å². The van der Waals surface area contributed by atoms with Crippen molar-refractivity contribution in [1.29, 1.82) is 0 Å². The van der Waals surface area contributed by atoms with Crippen molar-refractivity contribution in [3.8, 4) is 17.2 Å². The van der Waals surface area contributed by atoms with Crippen LogP contribution in [-0.2, 0) is 4.79 Å². The first-order valence-corrected chi connectivity index (χ1v) is 10.8. The maximum absolute atomic E-state index is 12.4. The van der Waals surface area contributed by atoms with E-state index in [-0.39, 0.29) is 12.5 Å². The van der Waals surface area contributed by atoms with Crippen LogP contribution >= 0.6 is 0 Å². The van der Waals surface area contributed by atoms with Gasteiger partial charge in [-0.2, -0.15) is 0 Å². The van der Waals surface area contributed by atoms with E-state index in [1.165, 1.54) is 0 Å². The van der Waals surface area contributed by atoms with Crippen molar-refractivity contribution in [1.82, 2.24) is 0 Å². The smallest absolute Gasteiger partial charge is 0.243 e. The van der Waals surface area contributed by atoms with Gasteiger partial charge in [0.15, 0.2) is 0 Å². The highest BCUT2D eigenvalue weighted by molar-refractivity contribution is 5.94. The topological polar surface area (TPSA) is 68.8 Å². The van der Waals surface area contributed by atoms with E-state index in [0.717, 1.165) is 17.2 Å². The van der Waals surface area contributed by atoms with Crippen molar-refractivity contribution in [3.63, 3.8) is 0 Å². The van der Waals surface area contributed by atoms with Crippen LogP contribution in [0.5, 0.6) is 17.2 Å². The maximum atomic E-state index is 12.4. The van der Waals surface area contributed by atoms with Gasteiger partial charge in [-0.25, -0.2) is 0 Å². The predicted octanol–water partition coefficient (Wildman–Crippen LogP) is 5.23. The highest BCUT2D eigenvalue weighted by Crippen LogP contribution is 2.24. The van der Waals surface area contributed by atoms with Crippen molar-refractivity contribution in [2.75, 3.05) is 37.0 Å². The molecule has 0 aromatic heterocycles. The molecule has 0 aliphatic rings. The molecule has 0 aliphatic heterocycles. The highest BCUT2D eigenvalue weighted by Gasteiger charge is 2.08. The second-order valence-corrected chi connectivity index (χ2v) is 7.64. The molecule has 0 unspecified atom stereocenters. The third kappa shape index (κ3) is 7.87. The van der Waals surface area contributed by atoms with Gasteiger partial charge >= 0.3 is 0 Å². The molecule has 0 heterocycles. The molecule has 168 valence electrons. The number of para-hydroxylation sites is 3. The number of carbonyl (C=O) groups excluding carboxylic acids is 1. The molecule has 0 bridgehead atoms. The molecule has 1 amide bonds. The zero-order valence-corrected chi connectivity index (χ0v) is 18.5. The van der Waals surface area contributed by atoms with Crippen LogP contribution in [-0.4, -0.2) is 32.3 Å². The number of rotatable bonds is 12. The van der Waals surface area contributed by atoms with Crippen LogP contribution < -0.4 is 24.8 Å². The maximum Gasteiger partial charge on any atom is 0.243 e. The summed E-state index contributed by atoms with van der Waals surface area (Å²) in [4.78, 5) is 12.4. The molecule has 0 aliphatic carbocycles. The van der Waals surface area contributed by atoms with Crippen LogP contribution in [0.1, 0.15) is 13.8 Å². The average Bonchev–Trinajstić information content (AvgIpc) is 2.80. The van der Waals surface area contributed by atoms with Crippen molar-refractivity contribution in [3.05, 3.63) is 78.9 Å². The summed E-state index contributed by atoms with van der Waals surface area (Å²) in [6.07, 6.45) is 0. The minimum Gasteiger partial charge on any atom is -0.491 e. The standard InChI is InChI=1S/C26H30N2O4/c1-20(2)19-32-25-14-7-6-13-24(25)27-18-26(29)28-21-9-8-12-23(17-21)31-16-15-30-22-10-4-3-5-11-22/h3-14,17,20,27H,15-16,18-19H2,1-2H3,(H,28,29). The molecule has 0 saturated heterocycles. The number of hydrogen-bond acceptors (Lipinski definition) is 5. The SMILES string of the molecule is CC(C)COc1ccccc1NCC(=O)Nc1cccc(OCCOc2ccccc2)c1. The molecule has 2 N–H and O–H groups in total. The normalized spacial score (nSPS) is 10.5. The highest BCUT2D eigenvalue weighted by atomic mass is 16.5. The van der Waals surface area contributed by atoms with Gasteiger partial charge in [-0.05, 0) is 42.3 Å². The molecule has 6 heteroatoms. The van der Waals surface area contributed by atoms with E-state index in [9.17, 15) is 4.79 Å². The number of anilines is 2. The van der Waals surface area contributed by atoms with E-state index in [1.807, 2.05) is 72.8 Å². The minimum absolute atomic E-state index is 0.123. The number of hydrogen-bond donors (Lipinski definition) is 2. The number of benzene rings is 3. The predicted molar refractivity (Wildman–Crippen MR) is 128 cm³/mol. The summed E-state index contributed by atoms with van der Waals surface area (Å²) in [5, 5.41) is 6.03. The molecular formula is C26H30N2O4. The summed E-state index contributed by atoms with van der Waals surface area (Å²) >= 11 is 0. The van der Waals surface area contributed by atoms with Gasteiger partial charge in [0.2, 0.25) is 5.91 Å². The molecule has 6 nitrogen and oxygen atoms in total. The second kappa shape index (κ2) is 12.2. The Morgan fingerprint density at radius 1 is 0.812 bits per heavy atom. The van der Waals surface area contributed by atoms with E-state index < -0.39 is 0 Å². The Morgan fingerprint density at radius 2 is 1.50 bits per heavy atom. The lowest BCUT2D eigenvalue weighted by Gasteiger charge is -2.14. The van der Waals surface area contributed by atoms with Gasteiger partial charge < -0.3 is 24.8 Å². The van der Waals surface area contributed by atoms with E-state index in [4.69, 9.17) is 14.2 Å². The van der Waals surface area contributed by atoms with Gasteiger partial charge in [0.1, 0.15) is 30.5 Å². The summed E-state index contributed by atoms with van der Waals surface area (Å²) in [6, 6.07) is 24.5. The lowest BCUT2D eigenvalue weighted by atomic mass is 10.2. The van der Waals surface area contributed by atoms with Gasteiger partial charge in [-0.3, -0.25) is 4.79 Å². The van der Waals surface area contributed by atoms with Crippen molar-refractivity contribution in [2.24, 2.45) is 5.92 Å². The molecule has 0 saturated carbocycles. The number of nitrogens with one attached hydrogen (secondary N) is 2. The lowest BCUT2D eigenvalue weighted by molar-refractivity contribution is -0.114. The van der Waals surface area contributed by atoms with E-state index >= 15 is 0 Å². The van der Waals surface area contributed by atoms with Gasteiger partial charge in [-0.1, -0.05) is 50.2 Å². The van der Waals surface area contributed by atoms with E-state index in [1.54, 1.807) is 6.07 Å². The Kier molecular flexibility index (Phi) is 8.80. The molecule has 3 rings (SSSR count). The Labute approximate surface area is 189 Å². The molecule has 0 atom stereocenters. The molecule has 0 fully saturated rings. The zero-order chi connectivity index (χ0) is 22.6. The molecule has 3 aromatic rings. The number of carbonyl (C=O) groups is 1. The fourth-order valence-electron chi connectivity index (χ4n) is 2.88. The minimum atomic E-state index is -0.159. The lowest BCUT2D eigenvalue weighted by Crippen LogP contribution is -2.22. The summed E-state index contributed by atoms with van der Waals surface area (Å²) in [5.74, 6) is 2.47. The van der Waals surface area contributed by atoms with Gasteiger partial charge in [0, 0.05) is 11.8 Å². The fraction of sp³-hybridized carbons (Fsp3) is 0.269. The Morgan fingerprint density at radius 3 is 2.28 bits per heavy atom. The fourth-order valence-corrected chi connectivity index (χ4v) is 2.88. The largest absolute Gasteiger partial charge is 0.491 e. The molecule has 0 radical (unpaired) electrons. The molecular weight excluding hydrogens is 404 g/mol. The summed E-state index contributed by atoms with van der Waals surface area (Å²) in [6.45, 7) is 5.77. The van der Waals surface area contributed by atoms with Crippen molar-refractivity contribution in [2.45, 2.75) is 13.8 Å². The first-order valence-electron chi connectivity index (χ1n) is 10.8. The third-order valence-corrected chi connectivity index (χ3v) is 4.38. The van der Waals surface area contributed by atoms with Crippen LogP contribution in [0.15, 0.2) is 78.9 Å². The van der Waals surface area contributed by atoms with Gasteiger partial charge in [0.05, 0.1) is 18.8 Å². The van der Waals surface area contributed by atoms with Gasteiger partial charge in [-0.15, -0.1) is 0 Å².